The maximum Gasteiger partial charge on any atom is 0.237 e. The molecule has 1 aromatic carbocycles. The Labute approximate surface area is 143 Å². The number of carbonyl (C=O) groups is 1. The number of nitrogens with one attached hydrogen (secondary N) is 2. The molecule has 1 aromatic heterocycles. The Kier molecular flexibility index (Phi) is 5.88. The third kappa shape index (κ3) is 4.36. The number of amides is 1. The highest BCUT2D eigenvalue weighted by Gasteiger charge is 2.16. The van der Waals surface area contributed by atoms with Gasteiger partial charge in [-0.1, -0.05) is 24.6 Å². The monoisotopic (exact) mass is 328 g/mol. The Hall–Kier alpha value is -1.85. The fourth-order valence-corrected chi connectivity index (χ4v) is 3.46. The molecule has 2 aromatic rings. The van der Waals surface area contributed by atoms with Crippen molar-refractivity contribution in [1.82, 2.24) is 15.2 Å². The molecule has 0 radical (unpaired) electrons. The molecule has 0 unspecified atom stereocenters. The summed E-state index contributed by atoms with van der Waals surface area (Å²) >= 11 is 0. The number of hydrogen-bond acceptors (Lipinski definition) is 3. The van der Waals surface area contributed by atoms with E-state index in [-0.39, 0.29) is 5.91 Å². The maximum absolute atomic E-state index is 12.2. The molecule has 5 nitrogen and oxygen atoms in total. The number of H-pyrrole nitrogens is 1. The fraction of sp³-hybridized carbons (Fsp3) is 0.526. The molecule has 1 atom stereocenters. The third-order valence-electron chi connectivity index (χ3n) is 4.85. The Morgan fingerprint density at radius 2 is 2.04 bits per heavy atom. The highest BCUT2D eigenvalue weighted by molar-refractivity contribution is 5.86. The van der Waals surface area contributed by atoms with Crippen LogP contribution in [-0.4, -0.2) is 48.0 Å². The van der Waals surface area contributed by atoms with Crippen LogP contribution in [0.4, 0.5) is 0 Å². The van der Waals surface area contributed by atoms with Crippen molar-refractivity contribution in [2.45, 2.75) is 38.1 Å². The smallest absolute Gasteiger partial charge is 0.237 e. The number of fused-ring (bicyclic) bond motifs is 1. The molecule has 0 saturated carbocycles. The van der Waals surface area contributed by atoms with Crippen molar-refractivity contribution < 1.29 is 4.79 Å². The van der Waals surface area contributed by atoms with Crippen LogP contribution >= 0.6 is 0 Å². The summed E-state index contributed by atoms with van der Waals surface area (Å²) in [4.78, 5) is 17.9. The van der Waals surface area contributed by atoms with Crippen molar-refractivity contribution in [3.8, 4) is 0 Å². The Balaban J connectivity index is 1.41. The molecule has 24 heavy (non-hydrogen) atoms. The second kappa shape index (κ2) is 8.31. The number of rotatable bonds is 7. The molecule has 1 amide bonds. The zero-order valence-electron chi connectivity index (χ0n) is 14.3. The number of likely N-dealkylation sites (tertiary alicyclic amines) is 1. The van der Waals surface area contributed by atoms with Crippen molar-refractivity contribution >= 4 is 16.8 Å². The van der Waals surface area contributed by atoms with E-state index in [1.165, 1.54) is 32.4 Å². The summed E-state index contributed by atoms with van der Waals surface area (Å²) in [7, 11) is 0. The SMILES string of the molecule is N[C@@H](Cc1c[nH]c2ccccc12)C(=O)NCCCN1CCCCC1. The Bertz CT molecular complexity index is 660. The lowest BCUT2D eigenvalue weighted by atomic mass is 10.1. The number of aromatic nitrogens is 1. The lowest BCUT2D eigenvalue weighted by Gasteiger charge is -2.26. The van der Waals surface area contributed by atoms with Gasteiger partial charge in [0, 0.05) is 23.6 Å². The Morgan fingerprint density at radius 1 is 1.25 bits per heavy atom. The van der Waals surface area contributed by atoms with Crippen LogP contribution in [0, 0.1) is 0 Å². The van der Waals surface area contributed by atoms with E-state index in [1.807, 2.05) is 24.4 Å². The van der Waals surface area contributed by atoms with Gasteiger partial charge in [0.2, 0.25) is 5.91 Å². The molecular formula is C19H28N4O. The summed E-state index contributed by atoms with van der Waals surface area (Å²) in [5, 5.41) is 4.13. The molecule has 1 aliphatic rings. The van der Waals surface area contributed by atoms with Crippen molar-refractivity contribution in [1.29, 1.82) is 0 Å². The number of hydrogen-bond donors (Lipinski definition) is 3. The normalized spacial score (nSPS) is 17.0. The first-order valence-electron chi connectivity index (χ1n) is 9.04. The van der Waals surface area contributed by atoms with Crippen molar-refractivity contribution in [2.75, 3.05) is 26.2 Å². The average Bonchev–Trinajstić information content (AvgIpc) is 3.02. The average molecular weight is 328 g/mol. The van der Waals surface area contributed by atoms with E-state index < -0.39 is 6.04 Å². The molecular weight excluding hydrogens is 300 g/mol. The molecule has 130 valence electrons. The predicted octanol–water partition coefficient (Wildman–Crippen LogP) is 2.03. The van der Waals surface area contributed by atoms with E-state index in [0.717, 1.165) is 29.4 Å². The van der Waals surface area contributed by atoms with E-state index in [9.17, 15) is 4.79 Å². The first-order valence-corrected chi connectivity index (χ1v) is 9.04. The first-order chi connectivity index (χ1) is 11.7. The molecule has 0 spiro atoms. The molecule has 0 bridgehead atoms. The zero-order valence-corrected chi connectivity index (χ0v) is 14.3. The van der Waals surface area contributed by atoms with Gasteiger partial charge >= 0.3 is 0 Å². The van der Waals surface area contributed by atoms with Gasteiger partial charge in [-0.2, -0.15) is 0 Å². The number of nitrogens with two attached hydrogens (primary N) is 1. The molecule has 4 N–H and O–H groups in total. The van der Waals surface area contributed by atoms with Crippen molar-refractivity contribution in [2.24, 2.45) is 5.73 Å². The van der Waals surface area contributed by atoms with Gasteiger partial charge in [-0.05, 0) is 56.9 Å². The Morgan fingerprint density at radius 3 is 2.88 bits per heavy atom. The van der Waals surface area contributed by atoms with Gasteiger partial charge in [0.25, 0.3) is 0 Å². The number of piperidine rings is 1. The van der Waals surface area contributed by atoms with E-state index in [2.05, 4.69) is 21.3 Å². The minimum absolute atomic E-state index is 0.0566. The number of benzene rings is 1. The number of nitrogens with zero attached hydrogens (tertiary/aromatic N) is 1. The van der Waals surface area contributed by atoms with Crippen LogP contribution in [0.1, 0.15) is 31.2 Å². The first kappa shape index (κ1) is 17.0. The van der Waals surface area contributed by atoms with Gasteiger partial charge in [-0.25, -0.2) is 0 Å². The molecule has 1 fully saturated rings. The summed E-state index contributed by atoms with van der Waals surface area (Å²) in [6, 6.07) is 7.60. The van der Waals surface area contributed by atoms with Crippen LogP contribution < -0.4 is 11.1 Å². The van der Waals surface area contributed by atoms with Gasteiger partial charge in [0.1, 0.15) is 0 Å². The topological polar surface area (TPSA) is 74.1 Å². The second-order valence-corrected chi connectivity index (χ2v) is 6.72. The van der Waals surface area contributed by atoms with E-state index in [4.69, 9.17) is 5.73 Å². The van der Waals surface area contributed by atoms with Crippen LogP contribution in [0.15, 0.2) is 30.5 Å². The fourth-order valence-electron chi connectivity index (χ4n) is 3.46. The molecule has 2 heterocycles. The molecule has 1 saturated heterocycles. The summed E-state index contributed by atoms with van der Waals surface area (Å²) in [6.45, 7) is 4.18. The minimum atomic E-state index is -0.501. The molecule has 3 rings (SSSR count). The number of carbonyl (C=O) groups excluding carboxylic acids is 1. The highest BCUT2D eigenvalue weighted by Crippen LogP contribution is 2.18. The highest BCUT2D eigenvalue weighted by atomic mass is 16.2. The van der Waals surface area contributed by atoms with E-state index in [1.54, 1.807) is 0 Å². The van der Waals surface area contributed by atoms with Crippen LogP contribution in [0.5, 0.6) is 0 Å². The van der Waals surface area contributed by atoms with Crippen LogP contribution in [0.25, 0.3) is 10.9 Å². The second-order valence-electron chi connectivity index (χ2n) is 6.72. The van der Waals surface area contributed by atoms with Gasteiger partial charge in [-0.15, -0.1) is 0 Å². The van der Waals surface area contributed by atoms with Crippen LogP contribution in [0.3, 0.4) is 0 Å². The molecule has 5 heteroatoms. The van der Waals surface area contributed by atoms with Crippen LogP contribution in [-0.2, 0) is 11.2 Å². The summed E-state index contributed by atoms with van der Waals surface area (Å²) in [6.07, 6.45) is 7.47. The van der Waals surface area contributed by atoms with Crippen molar-refractivity contribution in [3.05, 3.63) is 36.0 Å². The quantitative estimate of drug-likeness (QED) is 0.681. The lowest BCUT2D eigenvalue weighted by molar-refractivity contribution is -0.122. The molecule has 1 aliphatic heterocycles. The minimum Gasteiger partial charge on any atom is -0.361 e. The molecule has 0 aliphatic carbocycles. The van der Waals surface area contributed by atoms with Gasteiger partial charge in [0.15, 0.2) is 0 Å². The van der Waals surface area contributed by atoms with Gasteiger partial charge in [0.05, 0.1) is 6.04 Å². The zero-order chi connectivity index (χ0) is 16.8. The van der Waals surface area contributed by atoms with Gasteiger partial charge in [-0.3, -0.25) is 4.79 Å². The largest absolute Gasteiger partial charge is 0.361 e. The summed E-state index contributed by atoms with van der Waals surface area (Å²) in [5.74, 6) is -0.0566. The number of para-hydroxylation sites is 1. The summed E-state index contributed by atoms with van der Waals surface area (Å²) < 4.78 is 0. The third-order valence-corrected chi connectivity index (χ3v) is 4.85. The lowest BCUT2D eigenvalue weighted by Crippen LogP contribution is -2.43. The summed E-state index contributed by atoms with van der Waals surface area (Å²) in [5.41, 5.74) is 8.27. The van der Waals surface area contributed by atoms with E-state index >= 15 is 0 Å². The van der Waals surface area contributed by atoms with E-state index in [0.29, 0.717) is 13.0 Å². The number of aromatic amines is 1. The standard InChI is InChI=1S/C19H28N4O/c20-17(13-15-14-22-18-8-3-2-7-16(15)18)19(24)21-9-6-12-23-10-4-1-5-11-23/h2-3,7-8,14,17,22H,1,4-6,9-13,20H2,(H,21,24)/t17-/m0/s1. The maximum atomic E-state index is 12.2. The van der Waals surface area contributed by atoms with Gasteiger partial charge < -0.3 is 20.9 Å². The predicted molar refractivity (Wildman–Crippen MR) is 97.9 cm³/mol. The van der Waals surface area contributed by atoms with Crippen LogP contribution in [0.2, 0.25) is 0 Å². The van der Waals surface area contributed by atoms with Crippen molar-refractivity contribution in [3.63, 3.8) is 0 Å².